The van der Waals surface area contributed by atoms with Crippen molar-refractivity contribution in [1.82, 2.24) is 0 Å². The third kappa shape index (κ3) is 2.83. The van der Waals surface area contributed by atoms with E-state index in [4.69, 9.17) is 0 Å². The van der Waals surface area contributed by atoms with E-state index in [0.717, 1.165) is 11.1 Å². The normalized spacial score (nSPS) is 24.7. The van der Waals surface area contributed by atoms with Crippen LogP contribution in [0.5, 0.6) is 0 Å². The first-order valence-corrected chi connectivity index (χ1v) is 11.9. The van der Waals surface area contributed by atoms with Gasteiger partial charge < -0.3 is 10.2 Å². The van der Waals surface area contributed by atoms with Gasteiger partial charge in [-0.2, -0.15) is 0 Å². The first-order valence-electron chi connectivity index (χ1n) is 11.9. The molecular weight excluding hydrogens is 448 g/mol. The summed E-state index contributed by atoms with van der Waals surface area (Å²) in [5, 5.41) is 24.9. The molecule has 2 atom stereocenters. The van der Waals surface area contributed by atoms with Gasteiger partial charge in [0.2, 0.25) is 0 Å². The third-order valence-corrected chi connectivity index (χ3v) is 7.49. The summed E-state index contributed by atoms with van der Waals surface area (Å²) < 4.78 is 0. The zero-order chi connectivity index (χ0) is 25.2. The summed E-state index contributed by atoms with van der Waals surface area (Å²) in [4.78, 5) is 28.1. The van der Waals surface area contributed by atoms with E-state index in [0.29, 0.717) is 33.4 Å². The summed E-state index contributed by atoms with van der Waals surface area (Å²) in [6, 6.07) is 28.2. The Morgan fingerprint density at radius 2 is 0.833 bits per heavy atom. The van der Waals surface area contributed by atoms with Crippen molar-refractivity contribution >= 4 is 11.6 Å². The Labute approximate surface area is 209 Å². The molecule has 2 N–H and O–H groups in total. The van der Waals surface area contributed by atoms with Crippen molar-refractivity contribution in [2.45, 2.75) is 25.0 Å². The van der Waals surface area contributed by atoms with Crippen LogP contribution in [-0.2, 0) is 11.2 Å². The van der Waals surface area contributed by atoms with E-state index in [1.807, 2.05) is 38.1 Å². The lowest BCUT2D eigenvalue weighted by atomic mass is 9.76. The highest BCUT2D eigenvalue weighted by Crippen LogP contribution is 2.54. The van der Waals surface area contributed by atoms with Gasteiger partial charge in [-0.15, -0.1) is 0 Å². The number of fused-ring (bicyclic) bond motifs is 2. The van der Waals surface area contributed by atoms with E-state index in [2.05, 4.69) is 0 Å². The van der Waals surface area contributed by atoms with Crippen LogP contribution in [0.3, 0.4) is 0 Å². The van der Waals surface area contributed by atoms with Crippen molar-refractivity contribution in [3.63, 3.8) is 0 Å². The molecule has 0 heterocycles. The van der Waals surface area contributed by atoms with Crippen molar-refractivity contribution in [3.8, 4) is 0 Å². The Morgan fingerprint density at radius 3 is 1.19 bits per heavy atom. The van der Waals surface area contributed by atoms with Gasteiger partial charge in [0.15, 0.2) is 11.6 Å². The lowest BCUT2D eigenvalue weighted by molar-refractivity contribution is 0.0803. The van der Waals surface area contributed by atoms with Crippen LogP contribution in [0.2, 0.25) is 0 Å². The summed E-state index contributed by atoms with van der Waals surface area (Å²) >= 11 is 0. The van der Waals surface area contributed by atoms with Crippen molar-refractivity contribution in [3.05, 3.63) is 153 Å². The minimum Gasteiger partial charge on any atom is -0.376 e. The van der Waals surface area contributed by atoms with Gasteiger partial charge in [0.1, 0.15) is 11.2 Å². The maximum absolute atomic E-state index is 14.0. The van der Waals surface area contributed by atoms with Crippen LogP contribution in [0.25, 0.3) is 0 Å². The molecule has 2 aliphatic carbocycles. The second-order valence-corrected chi connectivity index (χ2v) is 9.65. The lowest BCUT2D eigenvalue weighted by Gasteiger charge is -2.32. The molecule has 2 aliphatic rings. The van der Waals surface area contributed by atoms with Gasteiger partial charge in [0.25, 0.3) is 0 Å². The number of hydrogen-bond donors (Lipinski definition) is 2. The predicted molar refractivity (Wildman–Crippen MR) is 137 cm³/mol. The summed E-state index contributed by atoms with van der Waals surface area (Å²) in [7, 11) is 0. The summed E-state index contributed by atoms with van der Waals surface area (Å²) in [5.41, 5.74) is 0.329. The van der Waals surface area contributed by atoms with Gasteiger partial charge in [-0.1, -0.05) is 108 Å². The molecule has 4 heteroatoms. The highest BCUT2D eigenvalue weighted by molar-refractivity contribution is 6.25. The summed E-state index contributed by atoms with van der Waals surface area (Å²) in [5.74, 6) is -0.925. The zero-order valence-electron chi connectivity index (χ0n) is 19.9. The van der Waals surface area contributed by atoms with Gasteiger partial charge in [-0.25, -0.2) is 0 Å². The molecule has 2 unspecified atom stereocenters. The molecule has 0 amide bonds. The van der Waals surface area contributed by atoms with Crippen LogP contribution in [0.4, 0.5) is 0 Å². The Balaban J connectivity index is 1.75. The molecule has 4 aromatic carbocycles. The molecule has 36 heavy (non-hydrogen) atoms. The van der Waals surface area contributed by atoms with Gasteiger partial charge >= 0.3 is 0 Å². The molecule has 4 aromatic rings. The number of hydrogen-bond acceptors (Lipinski definition) is 4. The minimum absolute atomic E-state index is 0.100. The number of ketones is 2. The van der Waals surface area contributed by atoms with Crippen molar-refractivity contribution in [2.24, 2.45) is 0 Å². The van der Waals surface area contributed by atoms with Crippen LogP contribution in [0.15, 0.2) is 108 Å². The fourth-order valence-corrected chi connectivity index (χ4v) is 5.64. The zero-order valence-corrected chi connectivity index (χ0v) is 19.9. The molecule has 0 saturated heterocycles. The van der Waals surface area contributed by atoms with Crippen LogP contribution in [0.1, 0.15) is 54.1 Å². The van der Waals surface area contributed by atoms with Crippen molar-refractivity contribution < 1.29 is 19.8 Å². The smallest absolute Gasteiger partial charge is 0.193 e. The number of benzene rings is 4. The Morgan fingerprint density at radius 1 is 0.500 bits per heavy atom. The van der Waals surface area contributed by atoms with E-state index >= 15 is 0 Å². The highest BCUT2D eigenvalue weighted by Gasteiger charge is 2.57. The van der Waals surface area contributed by atoms with Gasteiger partial charge in [0, 0.05) is 22.3 Å². The molecule has 0 aromatic heterocycles. The van der Waals surface area contributed by atoms with E-state index < -0.39 is 22.8 Å². The second-order valence-electron chi connectivity index (χ2n) is 9.65. The number of carbonyl (C=O) groups excluding carboxylic acids is 2. The molecule has 0 spiro atoms. The fourth-order valence-electron chi connectivity index (χ4n) is 5.64. The van der Waals surface area contributed by atoms with E-state index in [9.17, 15) is 19.8 Å². The van der Waals surface area contributed by atoms with Crippen molar-refractivity contribution in [2.75, 3.05) is 0 Å². The van der Waals surface area contributed by atoms with E-state index in [1.54, 1.807) is 72.8 Å². The van der Waals surface area contributed by atoms with E-state index in [1.165, 1.54) is 0 Å². The molecular formula is C32H24O4. The van der Waals surface area contributed by atoms with Crippen LogP contribution in [-0.4, -0.2) is 21.8 Å². The number of rotatable bonds is 2. The number of Topliss-reactive ketones (excluding diaryl/α,β-unsaturated/α-hetero) is 2. The molecule has 0 radical (unpaired) electrons. The van der Waals surface area contributed by atoms with Gasteiger partial charge in [-0.3, -0.25) is 9.59 Å². The monoisotopic (exact) mass is 472 g/mol. The quantitative estimate of drug-likeness (QED) is 0.395. The minimum atomic E-state index is -1.91. The Kier molecular flexibility index (Phi) is 4.77. The first kappa shape index (κ1) is 22.4. The number of aryl methyl sites for hydroxylation is 2. The maximum Gasteiger partial charge on any atom is 0.193 e. The first-order chi connectivity index (χ1) is 17.3. The number of carbonyl (C=O) groups is 2. The van der Waals surface area contributed by atoms with Gasteiger partial charge in [0.05, 0.1) is 11.1 Å². The molecule has 0 aliphatic heterocycles. The van der Waals surface area contributed by atoms with Crippen molar-refractivity contribution in [1.29, 1.82) is 0 Å². The van der Waals surface area contributed by atoms with Crippen LogP contribution >= 0.6 is 0 Å². The maximum atomic E-state index is 14.0. The Hall–Kier alpha value is -4.12. The van der Waals surface area contributed by atoms with Crippen LogP contribution < -0.4 is 0 Å². The molecule has 176 valence electrons. The molecule has 6 rings (SSSR count). The largest absolute Gasteiger partial charge is 0.376 e. The van der Waals surface area contributed by atoms with Gasteiger partial charge in [-0.05, 0) is 25.0 Å². The predicted octanol–water partition coefficient (Wildman–Crippen LogP) is 5.16. The average Bonchev–Trinajstić information content (AvgIpc) is 3.25. The SMILES string of the molecule is Cc1ccc(C2(O)/C(=C3\C(=O)c4ccccc4C3(O)c3ccc(C)cc3)C(=O)c3ccccc32)cc1. The topological polar surface area (TPSA) is 74.6 Å². The standard InChI is InChI=1S/C32H24O4/c1-19-11-15-21(16-12-19)31(35)25-9-5-3-7-23(25)29(33)27(31)28-30(34)24-8-4-6-10-26(24)32(28,36)22-17-13-20(2)14-18-22/h3-18,35-36H,1-2H3/b28-27+. The number of aliphatic hydroxyl groups is 2. The Bertz CT molecular complexity index is 1470. The molecule has 0 bridgehead atoms. The third-order valence-electron chi connectivity index (χ3n) is 7.49. The summed E-state index contributed by atoms with van der Waals surface area (Å²) in [6.07, 6.45) is 0. The molecule has 4 nitrogen and oxygen atoms in total. The molecule has 0 saturated carbocycles. The average molecular weight is 473 g/mol. The lowest BCUT2D eigenvalue weighted by Crippen LogP contribution is -2.36. The van der Waals surface area contributed by atoms with Crippen LogP contribution in [0, 0.1) is 13.8 Å². The highest BCUT2D eigenvalue weighted by atomic mass is 16.3. The fraction of sp³-hybridized carbons (Fsp3) is 0.125. The van der Waals surface area contributed by atoms with E-state index in [-0.39, 0.29) is 11.1 Å². The second kappa shape index (κ2) is 7.69. The summed E-state index contributed by atoms with van der Waals surface area (Å²) in [6.45, 7) is 3.88. The molecule has 0 fully saturated rings.